The van der Waals surface area contributed by atoms with Gasteiger partial charge in [-0.1, -0.05) is 25.0 Å². The van der Waals surface area contributed by atoms with Gasteiger partial charge in [0.15, 0.2) is 0 Å². The van der Waals surface area contributed by atoms with E-state index in [0.29, 0.717) is 63.7 Å². The Balaban J connectivity index is 1.29. The van der Waals surface area contributed by atoms with Crippen LogP contribution in [0.15, 0.2) is 42.5 Å². The zero-order chi connectivity index (χ0) is 26.5. The van der Waals surface area contributed by atoms with Crippen LogP contribution in [-0.2, 0) is 9.53 Å². The summed E-state index contributed by atoms with van der Waals surface area (Å²) in [6, 6.07) is 13.3. The van der Waals surface area contributed by atoms with E-state index in [4.69, 9.17) is 4.74 Å². The van der Waals surface area contributed by atoms with E-state index in [9.17, 15) is 14.4 Å². The van der Waals surface area contributed by atoms with Gasteiger partial charge in [-0.05, 0) is 55.7 Å². The topological polar surface area (TPSA) is 94.2 Å². The maximum atomic E-state index is 13.6. The van der Waals surface area contributed by atoms with Gasteiger partial charge in [0, 0.05) is 62.2 Å². The zero-order valence-corrected chi connectivity index (χ0v) is 22.1. The van der Waals surface area contributed by atoms with Crippen LogP contribution in [-0.4, -0.2) is 80.1 Å². The Kier molecular flexibility index (Phi) is 8.12. The van der Waals surface area contributed by atoms with Crippen LogP contribution >= 0.6 is 0 Å². The number of hydrogen-bond donors (Lipinski definition) is 2. The van der Waals surface area contributed by atoms with Crippen molar-refractivity contribution in [2.24, 2.45) is 5.92 Å². The van der Waals surface area contributed by atoms with Gasteiger partial charge in [0.25, 0.3) is 5.91 Å². The summed E-state index contributed by atoms with van der Waals surface area (Å²) in [6.07, 6.45) is 4.02. The quantitative estimate of drug-likeness (QED) is 0.624. The first-order valence-electron chi connectivity index (χ1n) is 13.7. The zero-order valence-electron chi connectivity index (χ0n) is 22.1. The Morgan fingerprint density at radius 2 is 1.53 bits per heavy atom. The van der Waals surface area contributed by atoms with Crippen molar-refractivity contribution in [3.63, 3.8) is 0 Å². The second kappa shape index (κ2) is 11.9. The lowest BCUT2D eigenvalue weighted by atomic mass is 10.1. The highest BCUT2D eigenvalue weighted by molar-refractivity contribution is 6.02. The van der Waals surface area contributed by atoms with Crippen LogP contribution in [0.4, 0.5) is 21.9 Å². The third kappa shape index (κ3) is 6.10. The van der Waals surface area contributed by atoms with Gasteiger partial charge in [0.2, 0.25) is 5.91 Å². The highest BCUT2D eigenvalue weighted by Crippen LogP contribution is 2.30. The Morgan fingerprint density at radius 1 is 0.816 bits per heavy atom. The summed E-state index contributed by atoms with van der Waals surface area (Å²) in [4.78, 5) is 45.0. The van der Waals surface area contributed by atoms with Crippen LogP contribution in [0, 0.1) is 12.8 Å². The molecule has 2 aromatic rings. The van der Waals surface area contributed by atoms with Crippen molar-refractivity contribution in [2.45, 2.75) is 32.6 Å². The molecule has 3 aliphatic rings. The van der Waals surface area contributed by atoms with Crippen LogP contribution < -0.4 is 15.5 Å². The predicted octanol–water partition coefficient (Wildman–Crippen LogP) is 3.95. The second-order valence-corrected chi connectivity index (χ2v) is 10.4. The Bertz CT molecular complexity index is 1170. The molecule has 5 rings (SSSR count). The van der Waals surface area contributed by atoms with Gasteiger partial charge in [0.1, 0.15) is 0 Å². The summed E-state index contributed by atoms with van der Waals surface area (Å²) in [7, 11) is 0. The number of benzene rings is 2. The van der Waals surface area contributed by atoms with E-state index in [0.717, 1.165) is 42.6 Å². The minimum absolute atomic E-state index is 0.0354. The lowest BCUT2D eigenvalue weighted by Crippen LogP contribution is -2.50. The number of carbonyl (C=O) groups is 3. The highest BCUT2D eigenvalue weighted by atomic mass is 16.5. The maximum Gasteiger partial charge on any atom is 0.321 e. The smallest absolute Gasteiger partial charge is 0.321 e. The van der Waals surface area contributed by atoms with E-state index in [2.05, 4.69) is 15.5 Å². The van der Waals surface area contributed by atoms with Gasteiger partial charge in [-0.15, -0.1) is 0 Å². The molecule has 3 fully saturated rings. The first-order chi connectivity index (χ1) is 18.5. The minimum atomic E-state index is -0.121. The molecule has 0 radical (unpaired) electrons. The van der Waals surface area contributed by atoms with E-state index >= 15 is 0 Å². The molecular formula is C29H37N5O4. The van der Waals surface area contributed by atoms with Crippen LogP contribution in [0.3, 0.4) is 0 Å². The molecule has 9 nitrogen and oxygen atoms in total. The number of nitrogens with one attached hydrogen (secondary N) is 2. The van der Waals surface area contributed by atoms with Crippen molar-refractivity contribution in [1.82, 2.24) is 9.80 Å². The number of ether oxygens (including phenoxy) is 1. The Hall–Kier alpha value is -3.59. The highest BCUT2D eigenvalue weighted by Gasteiger charge is 2.28. The number of hydrogen-bond acceptors (Lipinski definition) is 5. The SMILES string of the molecule is Cc1cccc(NC(=O)N2CCN(c3ccc(NC(=O)C4CCCC4)cc3C(=O)N3CCOCC3)CC2)c1. The number of morpholine rings is 1. The number of urea groups is 1. The summed E-state index contributed by atoms with van der Waals surface area (Å²) in [6.45, 7) is 6.44. The molecular weight excluding hydrogens is 482 g/mol. The molecule has 202 valence electrons. The molecule has 0 bridgehead atoms. The van der Waals surface area contributed by atoms with Crippen molar-refractivity contribution in [3.05, 3.63) is 53.6 Å². The van der Waals surface area contributed by atoms with Crippen LogP contribution in [0.5, 0.6) is 0 Å². The molecule has 0 spiro atoms. The fourth-order valence-electron chi connectivity index (χ4n) is 5.51. The molecule has 9 heteroatoms. The average molecular weight is 520 g/mol. The summed E-state index contributed by atoms with van der Waals surface area (Å²) in [5.74, 6) is 0.0280. The molecule has 0 unspecified atom stereocenters. The largest absolute Gasteiger partial charge is 0.378 e. The van der Waals surface area contributed by atoms with Crippen LogP contribution in [0.25, 0.3) is 0 Å². The molecule has 2 heterocycles. The summed E-state index contributed by atoms with van der Waals surface area (Å²) in [5.41, 5.74) is 3.94. The molecule has 0 atom stereocenters. The molecule has 38 heavy (non-hydrogen) atoms. The maximum absolute atomic E-state index is 13.6. The van der Waals surface area contributed by atoms with E-state index in [1.807, 2.05) is 54.3 Å². The predicted molar refractivity (Wildman–Crippen MR) is 148 cm³/mol. The molecule has 1 aliphatic carbocycles. The van der Waals surface area contributed by atoms with E-state index < -0.39 is 0 Å². The minimum Gasteiger partial charge on any atom is -0.378 e. The Morgan fingerprint density at radius 3 is 2.24 bits per heavy atom. The monoisotopic (exact) mass is 519 g/mol. The summed E-state index contributed by atoms with van der Waals surface area (Å²) < 4.78 is 5.44. The number of piperazine rings is 1. The summed E-state index contributed by atoms with van der Waals surface area (Å²) >= 11 is 0. The molecule has 1 saturated carbocycles. The second-order valence-electron chi connectivity index (χ2n) is 10.4. The lowest BCUT2D eigenvalue weighted by molar-refractivity contribution is -0.119. The van der Waals surface area contributed by atoms with Gasteiger partial charge >= 0.3 is 6.03 Å². The molecule has 2 aliphatic heterocycles. The average Bonchev–Trinajstić information content (AvgIpc) is 3.49. The van der Waals surface area contributed by atoms with Crippen molar-refractivity contribution in [3.8, 4) is 0 Å². The van der Waals surface area contributed by atoms with Crippen molar-refractivity contribution in [2.75, 3.05) is 68.0 Å². The number of amides is 4. The van der Waals surface area contributed by atoms with Crippen LogP contribution in [0.1, 0.15) is 41.6 Å². The standard InChI is InChI=1S/C29H37N5O4/c1-21-5-4-8-23(19-21)31-29(37)34-13-11-32(12-14-34)26-10-9-24(30-27(35)22-6-2-3-7-22)20-25(26)28(36)33-15-17-38-18-16-33/h4-5,8-10,19-20,22H,2-3,6-7,11-18H2,1H3,(H,30,35)(H,31,37). The molecule has 2 aromatic carbocycles. The fourth-order valence-corrected chi connectivity index (χ4v) is 5.51. The lowest BCUT2D eigenvalue weighted by Gasteiger charge is -2.37. The van der Waals surface area contributed by atoms with Crippen molar-refractivity contribution >= 4 is 34.9 Å². The van der Waals surface area contributed by atoms with Crippen LogP contribution in [0.2, 0.25) is 0 Å². The van der Waals surface area contributed by atoms with Gasteiger partial charge < -0.3 is 30.1 Å². The Labute approximate surface area is 224 Å². The number of carbonyl (C=O) groups excluding carboxylic acids is 3. The van der Waals surface area contributed by atoms with Gasteiger partial charge in [0.05, 0.1) is 18.8 Å². The summed E-state index contributed by atoms with van der Waals surface area (Å²) in [5, 5.41) is 6.03. The van der Waals surface area contributed by atoms with E-state index in [-0.39, 0.29) is 23.8 Å². The molecule has 4 amide bonds. The van der Waals surface area contributed by atoms with Gasteiger partial charge in [-0.2, -0.15) is 0 Å². The number of aryl methyl sites for hydroxylation is 1. The fraction of sp³-hybridized carbons (Fsp3) is 0.483. The normalized spacial score (nSPS) is 18.4. The third-order valence-electron chi connectivity index (χ3n) is 7.70. The van der Waals surface area contributed by atoms with E-state index in [1.54, 1.807) is 4.90 Å². The van der Waals surface area contributed by atoms with Gasteiger partial charge in [-0.25, -0.2) is 4.79 Å². The molecule has 2 N–H and O–H groups in total. The number of rotatable bonds is 5. The van der Waals surface area contributed by atoms with Crippen molar-refractivity contribution < 1.29 is 19.1 Å². The third-order valence-corrected chi connectivity index (χ3v) is 7.70. The first-order valence-corrected chi connectivity index (χ1v) is 13.7. The van der Waals surface area contributed by atoms with E-state index in [1.165, 1.54) is 0 Å². The first kappa shape index (κ1) is 26.0. The number of nitrogens with zero attached hydrogens (tertiary/aromatic N) is 3. The van der Waals surface area contributed by atoms with Crippen molar-refractivity contribution in [1.29, 1.82) is 0 Å². The molecule has 0 aromatic heterocycles. The molecule has 2 saturated heterocycles. The number of anilines is 3. The van der Waals surface area contributed by atoms with Gasteiger partial charge in [-0.3, -0.25) is 9.59 Å².